The quantitative estimate of drug-likeness (QED) is 0.349. The van der Waals surface area contributed by atoms with Gasteiger partial charge in [-0.05, 0) is 12.1 Å². The topological polar surface area (TPSA) is 100 Å². The third-order valence-electron chi connectivity index (χ3n) is 1.95. The van der Waals surface area contributed by atoms with E-state index in [1.54, 1.807) is 12.1 Å². The monoisotopic (exact) mass is 365 g/mol. The molecule has 0 saturated carbocycles. The molecule has 0 saturated heterocycles. The van der Waals surface area contributed by atoms with E-state index < -0.39 is 24.9 Å². The first-order valence-electron chi connectivity index (χ1n) is 4.03. The Hall–Kier alpha value is -0.770. The molecule has 0 unspecified atom stereocenters. The summed E-state index contributed by atoms with van der Waals surface area (Å²) in [5.41, 5.74) is -0.629. The summed E-state index contributed by atoms with van der Waals surface area (Å²) in [4.78, 5) is 9.91. The first kappa shape index (κ1) is 14.3. The number of hydrogen-bond acceptors (Lipinski definition) is 6. The van der Waals surface area contributed by atoms with Crippen LogP contribution in [0.3, 0.4) is 0 Å². The summed E-state index contributed by atoms with van der Waals surface area (Å²) in [6.07, 6.45) is 0. The van der Waals surface area contributed by atoms with Crippen LogP contribution in [0.4, 0.5) is 5.69 Å². The fourth-order valence-electron chi connectivity index (χ4n) is 1.35. The molecule has 0 amide bonds. The summed E-state index contributed by atoms with van der Waals surface area (Å²) in [7, 11) is -4.81. The van der Waals surface area contributed by atoms with Crippen LogP contribution in [0.1, 0.15) is 0 Å². The molecule has 1 aromatic carbocycles. The molecule has 1 heterocycles. The van der Waals surface area contributed by atoms with Crippen molar-refractivity contribution in [3.05, 3.63) is 34.4 Å². The second-order valence-electron chi connectivity index (χ2n) is 2.95. The summed E-state index contributed by atoms with van der Waals surface area (Å²) in [5.74, 6) is 0. The number of thiophene rings is 1. The van der Waals surface area contributed by atoms with E-state index in [1.807, 2.05) is 0 Å². The average molecular weight is 366 g/mol. The van der Waals surface area contributed by atoms with Crippen LogP contribution in [0.15, 0.2) is 28.5 Å². The summed E-state index contributed by atoms with van der Waals surface area (Å²) in [6.45, 7) is 0. The van der Waals surface area contributed by atoms with Crippen LogP contribution in [-0.4, -0.2) is 17.9 Å². The molecular weight excluding hydrogens is 362 g/mol. The van der Waals surface area contributed by atoms with Crippen LogP contribution in [0.2, 0.25) is 0 Å². The Bertz CT molecular complexity index is 678. The van der Waals surface area contributed by atoms with E-state index in [9.17, 15) is 23.1 Å². The molecule has 0 aliphatic carbocycles. The molecule has 1 aromatic heterocycles. The van der Waals surface area contributed by atoms with Gasteiger partial charge in [-0.1, -0.05) is 12.1 Å². The number of benzene rings is 1. The Morgan fingerprint density at radius 3 is 2.35 bits per heavy atom. The van der Waals surface area contributed by atoms with Gasteiger partial charge in [-0.15, -0.1) is 11.3 Å². The summed E-state index contributed by atoms with van der Waals surface area (Å²) < 4.78 is 32.3. The van der Waals surface area contributed by atoms with E-state index >= 15 is 0 Å². The van der Waals surface area contributed by atoms with Crippen molar-refractivity contribution >= 4 is 37.2 Å². The van der Waals surface area contributed by atoms with E-state index in [0.717, 1.165) is 0 Å². The molecule has 9 heteroatoms. The maximum Gasteiger partial charge on any atom is 1.00 e. The second kappa shape index (κ2) is 4.84. The maximum absolute atomic E-state index is 10.9. The Kier molecular flexibility index (Phi) is 4.07. The van der Waals surface area contributed by atoms with Gasteiger partial charge in [0, 0.05) is 4.70 Å². The van der Waals surface area contributed by atoms with Gasteiger partial charge < -0.3 is 4.55 Å². The molecule has 94 valence electrons. The molecule has 6 nitrogen and oxygen atoms in total. The third-order valence-corrected chi connectivity index (χ3v) is 4.41. The van der Waals surface area contributed by atoms with Crippen LogP contribution in [-0.2, 0) is 32.5 Å². The van der Waals surface area contributed by atoms with Crippen molar-refractivity contribution in [3.63, 3.8) is 0 Å². The molecule has 0 radical (unpaired) electrons. The maximum atomic E-state index is 10.9. The number of nitro groups is 1. The average Bonchev–Trinajstić information content (AvgIpc) is 2.55. The molecule has 0 fully saturated rings. The SMILES string of the molecule is O=[N+]([O-])c1c(S(=O)(=O)[O-])sc2ccccc12.[Ag+]. The minimum Gasteiger partial charge on any atom is -0.743 e. The molecule has 0 bridgehead atoms. The number of nitrogens with zero attached hydrogens (tertiary/aromatic N) is 1. The fourth-order valence-corrected chi connectivity index (χ4v) is 3.35. The fraction of sp³-hybridized carbons (Fsp3) is 0. The van der Waals surface area contributed by atoms with Crippen molar-refractivity contribution in [2.45, 2.75) is 4.21 Å². The van der Waals surface area contributed by atoms with E-state index in [4.69, 9.17) is 0 Å². The van der Waals surface area contributed by atoms with Gasteiger partial charge in [0.15, 0.2) is 4.21 Å². The molecule has 0 aliphatic heterocycles. The molecule has 0 N–H and O–H groups in total. The van der Waals surface area contributed by atoms with E-state index in [1.165, 1.54) is 12.1 Å². The standard InChI is InChI=1S/C8H5NO5S2.Ag/c10-9(11)7-5-3-1-2-4-6(5)15-8(7)16(12,13)14;/h1-4H,(H,12,13,14);/q;+1/p-1. The van der Waals surface area contributed by atoms with Gasteiger partial charge >= 0.3 is 28.1 Å². The Balaban J connectivity index is 0.00000144. The van der Waals surface area contributed by atoms with Gasteiger partial charge in [-0.25, -0.2) is 8.42 Å². The van der Waals surface area contributed by atoms with Crippen molar-refractivity contribution in [2.24, 2.45) is 0 Å². The zero-order chi connectivity index (χ0) is 11.9. The van der Waals surface area contributed by atoms with Crippen LogP contribution in [0, 0.1) is 10.1 Å². The minimum absolute atomic E-state index is 0. The third kappa shape index (κ3) is 2.57. The largest absolute Gasteiger partial charge is 1.00 e. The van der Waals surface area contributed by atoms with Gasteiger partial charge in [0.25, 0.3) is 0 Å². The van der Waals surface area contributed by atoms with Crippen molar-refractivity contribution in [1.29, 1.82) is 0 Å². The van der Waals surface area contributed by atoms with Crippen LogP contribution in [0.25, 0.3) is 10.1 Å². The van der Waals surface area contributed by atoms with Crippen LogP contribution in [0.5, 0.6) is 0 Å². The van der Waals surface area contributed by atoms with E-state index in [-0.39, 0.29) is 27.8 Å². The molecule has 17 heavy (non-hydrogen) atoms. The van der Waals surface area contributed by atoms with Gasteiger partial charge in [0.2, 0.25) is 0 Å². The van der Waals surface area contributed by atoms with Gasteiger partial charge in [-0.3, -0.25) is 10.1 Å². The predicted octanol–water partition coefficient (Wildman–Crippen LogP) is 1.71. The Labute approximate surface area is 116 Å². The Morgan fingerprint density at radius 1 is 1.24 bits per heavy atom. The van der Waals surface area contributed by atoms with Crippen LogP contribution >= 0.6 is 11.3 Å². The zero-order valence-electron chi connectivity index (χ0n) is 7.92. The summed E-state index contributed by atoms with van der Waals surface area (Å²) >= 11 is 0.617. The molecule has 0 aliphatic rings. The van der Waals surface area contributed by atoms with Gasteiger partial charge in [0.05, 0.1) is 10.3 Å². The summed E-state index contributed by atoms with van der Waals surface area (Å²) in [5, 5.41) is 10.9. The molecule has 2 aromatic rings. The summed E-state index contributed by atoms with van der Waals surface area (Å²) in [6, 6.07) is 6.10. The molecule has 2 rings (SSSR count). The normalized spacial score (nSPS) is 11.1. The van der Waals surface area contributed by atoms with Crippen LogP contribution < -0.4 is 0 Å². The predicted molar refractivity (Wildman–Crippen MR) is 56.4 cm³/mol. The first-order chi connectivity index (χ1) is 7.41. The molecule has 0 spiro atoms. The number of fused-ring (bicyclic) bond motifs is 1. The number of hydrogen-bond donors (Lipinski definition) is 0. The Morgan fingerprint density at radius 2 is 1.82 bits per heavy atom. The van der Waals surface area contributed by atoms with Gasteiger partial charge in [-0.2, -0.15) is 0 Å². The number of rotatable bonds is 2. The zero-order valence-corrected chi connectivity index (χ0v) is 11.0. The second-order valence-corrected chi connectivity index (χ2v) is 5.57. The van der Waals surface area contributed by atoms with Crippen molar-refractivity contribution in [1.82, 2.24) is 0 Å². The van der Waals surface area contributed by atoms with Crippen molar-refractivity contribution < 1.29 is 40.3 Å². The van der Waals surface area contributed by atoms with E-state index in [0.29, 0.717) is 16.0 Å². The van der Waals surface area contributed by atoms with Crippen molar-refractivity contribution in [2.75, 3.05) is 0 Å². The minimum atomic E-state index is -4.81. The van der Waals surface area contributed by atoms with Crippen molar-refractivity contribution in [3.8, 4) is 0 Å². The molecular formula is C8H4AgNO5S2. The smallest absolute Gasteiger partial charge is 0.743 e. The molecule has 0 atom stereocenters. The first-order valence-corrected chi connectivity index (χ1v) is 6.25. The van der Waals surface area contributed by atoms with Gasteiger partial charge in [0.1, 0.15) is 10.1 Å². The van der Waals surface area contributed by atoms with E-state index in [2.05, 4.69) is 0 Å².